The van der Waals surface area contributed by atoms with Crippen molar-refractivity contribution in [1.82, 2.24) is 14.9 Å². The van der Waals surface area contributed by atoms with Gasteiger partial charge in [-0.15, -0.1) is 0 Å². The van der Waals surface area contributed by atoms with Gasteiger partial charge in [0.2, 0.25) is 4.77 Å². The molecule has 3 rings (SSSR count). The number of nitrogens with one attached hydrogen (secondary N) is 1. The van der Waals surface area contributed by atoms with E-state index in [0.717, 1.165) is 11.3 Å². The first-order valence-electron chi connectivity index (χ1n) is 8.71. The van der Waals surface area contributed by atoms with Crippen molar-refractivity contribution in [1.29, 1.82) is 0 Å². The summed E-state index contributed by atoms with van der Waals surface area (Å²) in [4.78, 5) is 10.9. The first-order chi connectivity index (χ1) is 13.4. The van der Waals surface area contributed by atoms with E-state index in [-0.39, 0.29) is 12.2 Å². The number of aromatic amines is 1. The smallest absolute Gasteiger partial charge is 0.335 e. The SMILES string of the molecule is CC(C)c1ccc(OCc2n[nH]c(=S)n2/N=C\c2ccc(C(=O)O)cc2)cc1. The molecule has 1 aromatic heterocycles. The van der Waals surface area contributed by atoms with Crippen molar-refractivity contribution < 1.29 is 14.6 Å². The summed E-state index contributed by atoms with van der Waals surface area (Å²) < 4.78 is 7.60. The minimum atomic E-state index is -0.971. The first-order valence-corrected chi connectivity index (χ1v) is 9.11. The fraction of sp³-hybridized carbons (Fsp3) is 0.200. The van der Waals surface area contributed by atoms with Crippen LogP contribution >= 0.6 is 12.2 Å². The zero-order valence-electron chi connectivity index (χ0n) is 15.5. The maximum absolute atomic E-state index is 10.9. The Balaban J connectivity index is 1.71. The molecule has 2 aromatic carbocycles. The van der Waals surface area contributed by atoms with Crippen LogP contribution in [0, 0.1) is 4.77 Å². The van der Waals surface area contributed by atoms with E-state index in [1.54, 1.807) is 18.3 Å². The van der Waals surface area contributed by atoms with Crippen LogP contribution in [0.4, 0.5) is 0 Å². The summed E-state index contributed by atoms with van der Waals surface area (Å²) in [7, 11) is 0. The number of carboxylic acids is 1. The van der Waals surface area contributed by atoms with E-state index in [4.69, 9.17) is 22.1 Å². The zero-order valence-corrected chi connectivity index (χ0v) is 16.3. The summed E-state index contributed by atoms with van der Waals surface area (Å²) in [5.74, 6) is 0.750. The van der Waals surface area contributed by atoms with Crippen LogP contribution < -0.4 is 4.74 Å². The van der Waals surface area contributed by atoms with E-state index in [1.165, 1.54) is 22.4 Å². The molecule has 0 fully saturated rings. The second kappa shape index (κ2) is 8.62. The number of carbonyl (C=O) groups is 1. The minimum absolute atomic E-state index is 0.198. The molecular weight excluding hydrogens is 376 g/mol. The second-order valence-electron chi connectivity index (χ2n) is 6.44. The summed E-state index contributed by atoms with van der Waals surface area (Å²) in [6.45, 7) is 4.48. The summed E-state index contributed by atoms with van der Waals surface area (Å²) in [6, 6.07) is 14.3. The molecule has 0 radical (unpaired) electrons. The molecule has 0 spiro atoms. The molecule has 0 saturated heterocycles. The molecule has 0 atom stereocenters. The maximum atomic E-state index is 10.9. The summed E-state index contributed by atoms with van der Waals surface area (Å²) in [6.07, 6.45) is 1.58. The molecule has 0 unspecified atom stereocenters. The van der Waals surface area contributed by atoms with E-state index in [2.05, 4.69) is 29.1 Å². The standard InChI is InChI=1S/C20H20N4O3S/c1-13(2)15-7-9-17(10-8-15)27-12-18-22-23-20(28)24(18)21-11-14-3-5-16(6-4-14)19(25)26/h3-11,13H,12H2,1-2H3,(H,23,28)(H,25,26)/b21-11-. The molecule has 1 heterocycles. The highest BCUT2D eigenvalue weighted by molar-refractivity contribution is 7.71. The average molecular weight is 396 g/mol. The molecule has 0 amide bonds. The molecule has 8 heteroatoms. The zero-order chi connectivity index (χ0) is 20.1. The largest absolute Gasteiger partial charge is 0.486 e. The first kappa shape index (κ1) is 19.5. The number of rotatable bonds is 7. The number of aromatic nitrogens is 3. The predicted octanol–water partition coefficient (Wildman–Crippen LogP) is 4.22. The Kier molecular flexibility index (Phi) is 6.00. The van der Waals surface area contributed by atoms with Crippen LogP contribution in [-0.4, -0.2) is 32.2 Å². The molecule has 0 aliphatic rings. The molecule has 0 aliphatic carbocycles. The van der Waals surface area contributed by atoms with Crippen LogP contribution in [0.1, 0.15) is 47.1 Å². The number of H-pyrrole nitrogens is 1. The van der Waals surface area contributed by atoms with Gasteiger partial charge in [0.05, 0.1) is 11.8 Å². The number of ether oxygens (including phenoxy) is 1. The summed E-state index contributed by atoms with van der Waals surface area (Å²) in [5.41, 5.74) is 2.20. The second-order valence-corrected chi connectivity index (χ2v) is 6.83. The Morgan fingerprint density at radius 3 is 2.54 bits per heavy atom. The fourth-order valence-corrected chi connectivity index (χ4v) is 2.67. The molecule has 0 bridgehead atoms. The number of aromatic carboxylic acids is 1. The third kappa shape index (κ3) is 4.72. The van der Waals surface area contributed by atoms with Crippen LogP contribution in [-0.2, 0) is 6.61 Å². The number of benzene rings is 2. The third-order valence-corrected chi connectivity index (χ3v) is 4.38. The van der Waals surface area contributed by atoms with Gasteiger partial charge in [-0.05, 0) is 53.5 Å². The Labute approximate surface area is 167 Å². The van der Waals surface area contributed by atoms with Crippen molar-refractivity contribution in [2.75, 3.05) is 0 Å². The van der Waals surface area contributed by atoms with E-state index >= 15 is 0 Å². The van der Waals surface area contributed by atoms with E-state index < -0.39 is 5.97 Å². The van der Waals surface area contributed by atoms with Crippen molar-refractivity contribution in [3.8, 4) is 5.75 Å². The van der Waals surface area contributed by atoms with Gasteiger partial charge in [-0.1, -0.05) is 38.1 Å². The van der Waals surface area contributed by atoms with Gasteiger partial charge in [-0.25, -0.2) is 9.89 Å². The normalized spacial score (nSPS) is 11.2. The highest BCUT2D eigenvalue weighted by Gasteiger charge is 2.07. The third-order valence-electron chi connectivity index (χ3n) is 4.11. The average Bonchev–Trinajstić information content (AvgIpc) is 3.05. The molecule has 28 heavy (non-hydrogen) atoms. The lowest BCUT2D eigenvalue weighted by Gasteiger charge is -2.08. The van der Waals surface area contributed by atoms with Gasteiger partial charge in [0.25, 0.3) is 0 Å². The van der Waals surface area contributed by atoms with Crippen molar-refractivity contribution in [3.63, 3.8) is 0 Å². The Morgan fingerprint density at radius 1 is 1.25 bits per heavy atom. The van der Waals surface area contributed by atoms with Crippen molar-refractivity contribution in [3.05, 3.63) is 75.8 Å². The highest BCUT2D eigenvalue weighted by Crippen LogP contribution is 2.19. The fourth-order valence-electron chi connectivity index (χ4n) is 2.47. The van der Waals surface area contributed by atoms with Gasteiger partial charge in [-0.2, -0.15) is 14.9 Å². The van der Waals surface area contributed by atoms with Crippen LogP contribution in [0.15, 0.2) is 53.6 Å². The summed E-state index contributed by atoms with van der Waals surface area (Å²) in [5, 5.41) is 20.1. The number of hydrogen-bond donors (Lipinski definition) is 2. The van der Waals surface area contributed by atoms with E-state index in [9.17, 15) is 4.79 Å². The van der Waals surface area contributed by atoms with Crippen molar-refractivity contribution in [2.24, 2.45) is 5.10 Å². The molecule has 2 N–H and O–H groups in total. The lowest BCUT2D eigenvalue weighted by Crippen LogP contribution is -2.04. The van der Waals surface area contributed by atoms with Crippen LogP contribution in [0.5, 0.6) is 5.75 Å². The van der Waals surface area contributed by atoms with Crippen molar-refractivity contribution >= 4 is 24.4 Å². The van der Waals surface area contributed by atoms with Gasteiger partial charge in [-0.3, -0.25) is 0 Å². The molecule has 0 aliphatic heterocycles. The number of hydrogen-bond acceptors (Lipinski definition) is 5. The Hall–Kier alpha value is -3.26. The molecular formula is C20H20N4O3S. The van der Waals surface area contributed by atoms with Gasteiger partial charge >= 0.3 is 5.97 Å². The Morgan fingerprint density at radius 2 is 1.93 bits per heavy atom. The summed E-state index contributed by atoms with van der Waals surface area (Å²) >= 11 is 5.22. The topological polar surface area (TPSA) is 92.5 Å². The number of nitrogens with zero attached hydrogens (tertiary/aromatic N) is 3. The molecule has 3 aromatic rings. The maximum Gasteiger partial charge on any atom is 0.335 e. The predicted molar refractivity (Wildman–Crippen MR) is 109 cm³/mol. The van der Waals surface area contributed by atoms with Gasteiger partial charge in [0, 0.05) is 0 Å². The lowest BCUT2D eigenvalue weighted by molar-refractivity contribution is 0.0697. The number of carboxylic acid groups (broad SMARTS) is 1. The quantitative estimate of drug-likeness (QED) is 0.461. The van der Waals surface area contributed by atoms with Gasteiger partial charge in [0.1, 0.15) is 12.4 Å². The molecule has 144 valence electrons. The van der Waals surface area contributed by atoms with Crippen LogP contribution in [0.25, 0.3) is 0 Å². The van der Waals surface area contributed by atoms with Crippen LogP contribution in [0.2, 0.25) is 0 Å². The van der Waals surface area contributed by atoms with E-state index in [1.807, 2.05) is 24.3 Å². The molecule has 0 saturated carbocycles. The Bertz CT molecular complexity index is 1030. The van der Waals surface area contributed by atoms with Gasteiger partial charge in [0.15, 0.2) is 5.82 Å². The van der Waals surface area contributed by atoms with E-state index in [0.29, 0.717) is 16.5 Å². The van der Waals surface area contributed by atoms with Gasteiger partial charge < -0.3 is 9.84 Å². The van der Waals surface area contributed by atoms with Crippen molar-refractivity contribution in [2.45, 2.75) is 26.4 Å². The highest BCUT2D eigenvalue weighted by atomic mass is 32.1. The molecule has 7 nitrogen and oxygen atoms in total. The van der Waals surface area contributed by atoms with Crippen LogP contribution in [0.3, 0.4) is 0 Å². The minimum Gasteiger partial charge on any atom is -0.486 e. The monoisotopic (exact) mass is 396 g/mol. The lowest BCUT2D eigenvalue weighted by atomic mass is 10.0.